The molecule has 0 aliphatic heterocycles. The smallest absolute Gasteiger partial charge is 0.122 e. The van der Waals surface area contributed by atoms with E-state index in [-0.39, 0.29) is 0 Å². The van der Waals surface area contributed by atoms with Gasteiger partial charge in [0.05, 0.1) is 0 Å². The second-order valence-corrected chi connectivity index (χ2v) is 5.02. The van der Waals surface area contributed by atoms with Gasteiger partial charge in [0.2, 0.25) is 0 Å². The van der Waals surface area contributed by atoms with Crippen LogP contribution in [-0.4, -0.2) is 13.2 Å². The van der Waals surface area contributed by atoms with Crippen molar-refractivity contribution in [3.63, 3.8) is 0 Å². The summed E-state index contributed by atoms with van der Waals surface area (Å²) in [7, 11) is 0. The van der Waals surface area contributed by atoms with Gasteiger partial charge >= 0.3 is 0 Å². The predicted molar refractivity (Wildman–Crippen MR) is 86.1 cm³/mol. The first-order valence-electron chi connectivity index (χ1n) is 7.12. The van der Waals surface area contributed by atoms with Crippen LogP contribution in [0.2, 0.25) is 0 Å². The summed E-state index contributed by atoms with van der Waals surface area (Å²) < 4.78 is 11.4. The molecule has 0 aliphatic carbocycles. The number of hydrogen-bond donors (Lipinski definition) is 0. The van der Waals surface area contributed by atoms with Crippen molar-refractivity contribution >= 4 is 10.8 Å². The molecule has 0 heterocycles. The van der Waals surface area contributed by atoms with Crippen LogP contribution >= 0.6 is 0 Å². The summed E-state index contributed by atoms with van der Waals surface area (Å²) in [6.07, 6.45) is 0. The highest BCUT2D eigenvalue weighted by molar-refractivity contribution is 5.84. The van der Waals surface area contributed by atoms with Gasteiger partial charge in [-0.25, -0.2) is 0 Å². The first-order chi connectivity index (χ1) is 10.3. The van der Waals surface area contributed by atoms with Crippen LogP contribution < -0.4 is 9.47 Å². The number of hydrogen-bond acceptors (Lipinski definition) is 2. The molecule has 21 heavy (non-hydrogen) atoms. The van der Waals surface area contributed by atoms with Crippen LogP contribution in [0.25, 0.3) is 10.8 Å². The van der Waals surface area contributed by atoms with Gasteiger partial charge in [-0.3, -0.25) is 0 Å². The lowest BCUT2D eigenvalue weighted by Crippen LogP contribution is -2.08. The van der Waals surface area contributed by atoms with Crippen molar-refractivity contribution in [2.45, 2.75) is 6.92 Å². The topological polar surface area (TPSA) is 18.5 Å². The van der Waals surface area contributed by atoms with Crippen molar-refractivity contribution in [3.8, 4) is 11.5 Å². The molecule has 0 amide bonds. The molecule has 2 heteroatoms. The summed E-state index contributed by atoms with van der Waals surface area (Å²) in [5, 5.41) is 2.44. The molecule has 106 valence electrons. The standard InChI is InChI=1S/C19H18O2/c1-15-7-8-16-9-10-19(14-17(16)13-15)21-12-11-20-18-5-3-2-4-6-18/h2-10,13-14H,11-12H2,1H3. The van der Waals surface area contributed by atoms with Gasteiger partial charge in [-0.2, -0.15) is 0 Å². The maximum absolute atomic E-state index is 5.75. The summed E-state index contributed by atoms with van der Waals surface area (Å²) in [6, 6.07) is 22.4. The summed E-state index contributed by atoms with van der Waals surface area (Å²) in [4.78, 5) is 0. The normalized spacial score (nSPS) is 10.5. The minimum atomic E-state index is 0.534. The van der Waals surface area contributed by atoms with Crippen LogP contribution in [0.3, 0.4) is 0 Å². The fourth-order valence-corrected chi connectivity index (χ4v) is 2.27. The molecular weight excluding hydrogens is 260 g/mol. The lowest BCUT2D eigenvalue weighted by molar-refractivity contribution is 0.217. The number of aryl methyl sites for hydroxylation is 1. The molecule has 3 rings (SSSR count). The highest BCUT2D eigenvalue weighted by atomic mass is 16.5. The van der Waals surface area contributed by atoms with E-state index >= 15 is 0 Å². The Kier molecular flexibility index (Phi) is 4.06. The molecular formula is C19H18O2. The minimum absolute atomic E-state index is 0.534. The number of fused-ring (bicyclic) bond motifs is 1. The molecule has 3 aromatic rings. The van der Waals surface area contributed by atoms with E-state index in [9.17, 15) is 0 Å². The molecule has 0 N–H and O–H groups in total. The van der Waals surface area contributed by atoms with Gasteiger partial charge in [0, 0.05) is 0 Å². The van der Waals surface area contributed by atoms with Crippen LogP contribution in [0.1, 0.15) is 5.56 Å². The molecule has 0 aromatic heterocycles. The highest BCUT2D eigenvalue weighted by Crippen LogP contribution is 2.22. The van der Waals surface area contributed by atoms with E-state index in [0.717, 1.165) is 11.5 Å². The largest absolute Gasteiger partial charge is 0.490 e. The number of rotatable bonds is 5. The molecule has 0 unspecified atom stereocenters. The zero-order valence-corrected chi connectivity index (χ0v) is 12.1. The maximum atomic E-state index is 5.75. The second kappa shape index (κ2) is 6.31. The van der Waals surface area contributed by atoms with Gasteiger partial charge in [0.1, 0.15) is 24.7 Å². The molecule has 0 saturated heterocycles. The van der Waals surface area contributed by atoms with E-state index in [0.29, 0.717) is 13.2 Å². The van der Waals surface area contributed by atoms with E-state index in [1.807, 2.05) is 36.4 Å². The Labute approximate surface area is 124 Å². The molecule has 0 atom stereocenters. The van der Waals surface area contributed by atoms with Crippen molar-refractivity contribution < 1.29 is 9.47 Å². The number of benzene rings is 3. The zero-order valence-electron chi connectivity index (χ0n) is 12.1. The molecule has 0 fully saturated rings. The van der Waals surface area contributed by atoms with E-state index in [1.165, 1.54) is 16.3 Å². The van der Waals surface area contributed by atoms with Crippen LogP contribution in [0, 0.1) is 6.92 Å². The summed E-state index contributed by atoms with van der Waals surface area (Å²) >= 11 is 0. The Balaban J connectivity index is 1.58. The van der Waals surface area contributed by atoms with E-state index in [1.54, 1.807) is 0 Å². The summed E-state index contributed by atoms with van der Waals surface area (Å²) in [6.45, 7) is 3.17. The first-order valence-corrected chi connectivity index (χ1v) is 7.12. The fraction of sp³-hybridized carbons (Fsp3) is 0.158. The van der Waals surface area contributed by atoms with Gasteiger partial charge in [-0.1, -0.05) is 48.0 Å². The Bertz CT molecular complexity index is 720. The number of para-hydroxylation sites is 1. The van der Waals surface area contributed by atoms with E-state index in [4.69, 9.17) is 9.47 Å². The van der Waals surface area contributed by atoms with Crippen molar-refractivity contribution in [2.75, 3.05) is 13.2 Å². The third-order valence-electron chi connectivity index (χ3n) is 3.33. The van der Waals surface area contributed by atoms with Crippen molar-refractivity contribution in [1.29, 1.82) is 0 Å². The Morgan fingerprint density at radius 1 is 0.667 bits per heavy atom. The van der Waals surface area contributed by atoms with Gasteiger partial charge in [-0.15, -0.1) is 0 Å². The minimum Gasteiger partial charge on any atom is -0.490 e. The molecule has 0 bridgehead atoms. The van der Waals surface area contributed by atoms with E-state index < -0.39 is 0 Å². The Morgan fingerprint density at radius 2 is 1.38 bits per heavy atom. The number of ether oxygens (including phenoxy) is 2. The average Bonchev–Trinajstić information content (AvgIpc) is 2.52. The lowest BCUT2D eigenvalue weighted by Gasteiger charge is -2.09. The summed E-state index contributed by atoms with van der Waals surface area (Å²) in [5.74, 6) is 1.75. The van der Waals surface area contributed by atoms with Crippen molar-refractivity contribution in [2.24, 2.45) is 0 Å². The molecule has 0 aliphatic rings. The van der Waals surface area contributed by atoms with E-state index in [2.05, 4.69) is 37.3 Å². The van der Waals surface area contributed by atoms with Gasteiger partial charge in [0.25, 0.3) is 0 Å². The average molecular weight is 278 g/mol. The molecule has 0 radical (unpaired) electrons. The first kappa shape index (κ1) is 13.5. The van der Waals surface area contributed by atoms with Crippen molar-refractivity contribution in [3.05, 3.63) is 72.3 Å². The predicted octanol–water partition coefficient (Wildman–Crippen LogP) is 4.61. The molecule has 3 aromatic carbocycles. The monoisotopic (exact) mass is 278 g/mol. The SMILES string of the molecule is Cc1ccc2ccc(OCCOc3ccccc3)cc2c1. The summed E-state index contributed by atoms with van der Waals surface area (Å²) in [5.41, 5.74) is 1.26. The third kappa shape index (κ3) is 3.54. The van der Waals surface area contributed by atoms with Gasteiger partial charge in [-0.05, 0) is 42.0 Å². The Hall–Kier alpha value is -2.48. The van der Waals surface area contributed by atoms with Crippen LogP contribution in [-0.2, 0) is 0 Å². The fourth-order valence-electron chi connectivity index (χ4n) is 2.27. The highest BCUT2D eigenvalue weighted by Gasteiger charge is 1.99. The van der Waals surface area contributed by atoms with Crippen molar-refractivity contribution in [1.82, 2.24) is 0 Å². The van der Waals surface area contributed by atoms with Crippen LogP contribution in [0.5, 0.6) is 11.5 Å². The van der Waals surface area contributed by atoms with Gasteiger partial charge < -0.3 is 9.47 Å². The maximum Gasteiger partial charge on any atom is 0.122 e. The van der Waals surface area contributed by atoms with Crippen LogP contribution in [0.4, 0.5) is 0 Å². The zero-order chi connectivity index (χ0) is 14.5. The molecule has 0 spiro atoms. The molecule has 2 nitrogen and oxygen atoms in total. The van der Waals surface area contributed by atoms with Crippen LogP contribution in [0.15, 0.2) is 66.7 Å². The lowest BCUT2D eigenvalue weighted by atomic mass is 10.1. The quantitative estimate of drug-likeness (QED) is 0.635. The molecule has 0 saturated carbocycles. The Morgan fingerprint density at radius 3 is 2.19 bits per heavy atom. The second-order valence-electron chi connectivity index (χ2n) is 5.02. The third-order valence-corrected chi connectivity index (χ3v) is 3.33. The van der Waals surface area contributed by atoms with Gasteiger partial charge in [0.15, 0.2) is 0 Å².